The Kier molecular flexibility index (Phi) is 3.41. The van der Waals surface area contributed by atoms with Crippen molar-refractivity contribution in [3.05, 3.63) is 60.7 Å². The summed E-state index contributed by atoms with van der Waals surface area (Å²) in [4.78, 5) is 9.59. The number of hydrogen-bond acceptors (Lipinski definition) is 6. The number of fused-ring (bicyclic) bond motifs is 2. The molecule has 0 aliphatic rings. The largest absolute Gasteiger partial charge is 0.399 e. The number of benzene rings is 3. The van der Waals surface area contributed by atoms with Crippen LogP contribution in [0.1, 0.15) is 0 Å². The van der Waals surface area contributed by atoms with Gasteiger partial charge in [0, 0.05) is 22.5 Å². The molecule has 5 rings (SSSR count). The van der Waals surface area contributed by atoms with Crippen molar-refractivity contribution >= 4 is 54.5 Å². The Morgan fingerprint density at radius 1 is 0.577 bits per heavy atom. The van der Waals surface area contributed by atoms with E-state index in [-0.39, 0.29) is 0 Å². The van der Waals surface area contributed by atoms with Gasteiger partial charge >= 0.3 is 0 Å². The van der Waals surface area contributed by atoms with Crippen molar-refractivity contribution in [3.63, 3.8) is 0 Å². The molecule has 2 aromatic heterocycles. The molecule has 0 bridgehead atoms. The fourth-order valence-corrected chi connectivity index (χ4v) is 4.82. The lowest BCUT2D eigenvalue weighted by Gasteiger charge is -1.96. The molecule has 0 spiro atoms. The number of anilines is 2. The molecule has 0 aliphatic heterocycles. The van der Waals surface area contributed by atoms with Gasteiger partial charge in [0.25, 0.3) is 0 Å². The quantitative estimate of drug-likeness (QED) is 0.405. The maximum Gasteiger partial charge on any atom is 0.124 e. The Morgan fingerprint density at radius 3 is 1.35 bits per heavy atom. The Bertz CT molecular complexity index is 1090. The van der Waals surface area contributed by atoms with Gasteiger partial charge < -0.3 is 11.5 Å². The molecule has 5 aromatic rings. The molecule has 0 fully saturated rings. The molecule has 26 heavy (non-hydrogen) atoms. The van der Waals surface area contributed by atoms with E-state index in [0.717, 1.165) is 53.0 Å². The van der Waals surface area contributed by atoms with E-state index in [4.69, 9.17) is 21.4 Å². The van der Waals surface area contributed by atoms with Crippen molar-refractivity contribution in [1.82, 2.24) is 9.97 Å². The molecule has 126 valence electrons. The first kappa shape index (κ1) is 15.3. The summed E-state index contributed by atoms with van der Waals surface area (Å²) >= 11 is 3.35. The minimum Gasteiger partial charge on any atom is -0.399 e. The molecule has 0 aliphatic carbocycles. The van der Waals surface area contributed by atoms with E-state index in [0.29, 0.717) is 0 Å². The van der Waals surface area contributed by atoms with Gasteiger partial charge in [0.15, 0.2) is 0 Å². The minimum absolute atomic E-state index is 0.759. The molecule has 0 radical (unpaired) electrons. The second-order valence-electron chi connectivity index (χ2n) is 6.07. The van der Waals surface area contributed by atoms with E-state index < -0.39 is 0 Å². The summed E-state index contributed by atoms with van der Waals surface area (Å²) in [6, 6.07) is 19.9. The number of hydrogen-bond donors (Lipinski definition) is 2. The first-order valence-corrected chi connectivity index (χ1v) is 9.72. The third kappa shape index (κ3) is 2.60. The van der Waals surface area contributed by atoms with Crippen molar-refractivity contribution in [2.24, 2.45) is 0 Å². The summed E-state index contributed by atoms with van der Waals surface area (Å²) in [6.07, 6.45) is 0. The van der Waals surface area contributed by atoms with Crippen molar-refractivity contribution in [2.75, 3.05) is 11.5 Å². The fourth-order valence-electron chi connectivity index (χ4n) is 2.85. The average molecular weight is 374 g/mol. The fraction of sp³-hybridized carbons (Fsp3) is 0. The van der Waals surface area contributed by atoms with Crippen molar-refractivity contribution in [1.29, 1.82) is 0 Å². The molecule has 4 N–H and O–H groups in total. The van der Waals surface area contributed by atoms with Crippen LogP contribution in [0.15, 0.2) is 60.7 Å². The van der Waals surface area contributed by atoms with E-state index in [1.165, 1.54) is 0 Å². The molecule has 0 amide bonds. The molecule has 0 saturated heterocycles. The van der Waals surface area contributed by atoms with Crippen molar-refractivity contribution < 1.29 is 0 Å². The van der Waals surface area contributed by atoms with Gasteiger partial charge in [0.05, 0.1) is 20.4 Å². The molecular weight excluding hydrogens is 360 g/mol. The van der Waals surface area contributed by atoms with Crippen LogP contribution < -0.4 is 11.5 Å². The maximum absolute atomic E-state index is 5.77. The highest BCUT2D eigenvalue weighted by molar-refractivity contribution is 7.23. The molecule has 0 atom stereocenters. The van der Waals surface area contributed by atoms with E-state index in [1.807, 2.05) is 48.5 Å². The van der Waals surface area contributed by atoms with Gasteiger partial charge in [0.1, 0.15) is 10.0 Å². The first-order chi connectivity index (χ1) is 12.7. The molecule has 4 nitrogen and oxygen atoms in total. The normalized spacial score (nSPS) is 11.4. The standard InChI is InChI=1S/C20H14N4S2/c21-13-5-1-11(2-6-13)19-23-15-9-18-16(10-17(15)25-19)24-20(26-18)12-3-7-14(22)8-4-12/h1-10H,21-22H2. The predicted octanol–water partition coefficient (Wildman–Crippen LogP) is 5.40. The zero-order valence-electron chi connectivity index (χ0n) is 13.6. The lowest BCUT2D eigenvalue weighted by atomic mass is 10.2. The summed E-state index contributed by atoms with van der Waals surface area (Å²) in [7, 11) is 0. The van der Waals surface area contributed by atoms with Crippen LogP contribution in [0.4, 0.5) is 11.4 Å². The van der Waals surface area contributed by atoms with Gasteiger partial charge in [-0.05, 0) is 60.7 Å². The van der Waals surface area contributed by atoms with Crippen LogP contribution in [-0.2, 0) is 0 Å². The van der Waals surface area contributed by atoms with Gasteiger partial charge in [-0.15, -0.1) is 22.7 Å². The number of nitrogens with zero attached hydrogens (tertiary/aromatic N) is 2. The number of nitrogens with two attached hydrogens (primary N) is 2. The lowest BCUT2D eigenvalue weighted by molar-refractivity contribution is 1.47. The summed E-state index contributed by atoms with van der Waals surface area (Å²) in [6.45, 7) is 0. The van der Waals surface area contributed by atoms with E-state index in [2.05, 4.69) is 12.1 Å². The summed E-state index contributed by atoms with van der Waals surface area (Å²) in [5, 5.41) is 1.99. The smallest absolute Gasteiger partial charge is 0.124 e. The van der Waals surface area contributed by atoms with Crippen LogP contribution in [0, 0.1) is 0 Å². The molecule has 3 aromatic carbocycles. The number of aromatic nitrogens is 2. The van der Waals surface area contributed by atoms with Crippen LogP contribution >= 0.6 is 22.7 Å². The average Bonchev–Trinajstić information content (AvgIpc) is 3.23. The van der Waals surface area contributed by atoms with Crippen molar-refractivity contribution in [2.45, 2.75) is 0 Å². The Balaban J connectivity index is 1.60. The number of nitrogen functional groups attached to an aromatic ring is 2. The predicted molar refractivity (Wildman–Crippen MR) is 112 cm³/mol. The van der Waals surface area contributed by atoms with Crippen LogP contribution in [0.25, 0.3) is 41.6 Å². The highest BCUT2D eigenvalue weighted by Crippen LogP contribution is 2.36. The zero-order valence-corrected chi connectivity index (χ0v) is 15.3. The highest BCUT2D eigenvalue weighted by Gasteiger charge is 2.11. The van der Waals surface area contributed by atoms with E-state index >= 15 is 0 Å². The molecule has 2 heterocycles. The number of rotatable bonds is 2. The maximum atomic E-state index is 5.77. The van der Waals surface area contributed by atoms with Gasteiger partial charge in [0.2, 0.25) is 0 Å². The van der Waals surface area contributed by atoms with Gasteiger partial charge in [-0.25, -0.2) is 9.97 Å². The Hall–Kier alpha value is -2.96. The third-order valence-electron chi connectivity index (χ3n) is 4.21. The van der Waals surface area contributed by atoms with Crippen LogP contribution in [0.5, 0.6) is 0 Å². The topological polar surface area (TPSA) is 77.8 Å². The van der Waals surface area contributed by atoms with Gasteiger partial charge in [-0.3, -0.25) is 0 Å². The van der Waals surface area contributed by atoms with Crippen LogP contribution in [-0.4, -0.2) is 9.97 Å². The molecular formula is C20H14N4S2. The molecule has 0 unspecified atom stereocenters. The van der Waals surface area contributed by atoms with E-state index in [9.17, 15) is 0 Å². The summed E-state index contributed by atoms with van der Waals surface area (Å²) < 4.78 is 2.27. The first-order valence-electron chi connectivity index (χ1n) is 8.09. The number of thiazole rings is 2. The monoisotopic (exact) mass is 374 g/mol. The van der Waals surface area contributed by atoms with Crippen molar-refractivity contribution in [3.8, 4) is 21.1 Å². The lowest BCUT2D eigenvalue weighted by Crippen LogP contribution is -1.83. The van der Waals surface area contributed by atoms with Crippen LogP contribution in [0.2, 0.25) is 0 Å². The molecule has 0 saturated carbocycles. The van der Waals surface area contributed by atoms with E-state index in [1.54, 1.807) is 22.7 Å². The van der Waals surface area contributed by atoms with Gasteiger partial charge in [-0.2, -0.15) is 0 Å². The van der Waals surface area contributed by atoms with Crippen LogP contribution in [0.3, 0.4) is 0 Å². The molecule has 6 heteroatoms. The third-order valence-corrected chi connectivity index (χ3v) is 6.35. The second-order valence-corrected chi connectivity index (χ2v) is 8.13. The SMILES string of the molecule is Nc1ccc(-c2nc3cc4sc(-c5ccc(N)cc5)nc4cc3s2)cc1. The highest BCUT2D eigenvalue weighted by atomic mass is 32.1. The second kappa shape index (κ2) is 5.79. The van der Waals surface area contributed by atoms with Gasteiger partial charge in [-0.1, -0.05) is 0 Å². The summed E-state index contributed by atoms with van der Waals surface area (Å²) in [5.74, 6) is 0. The summed E-state index contributed by atoms with van der Waals surface area (Å²) in [5.41, 5.74) is 17.2. The minimum atomic E-state index is 0.759. The Labute approximate surface area is 157 Å². The zero-order chi connectivity index (χ0) is 17.7. The Morgan fingerprint density at radius 2 is 0.962 bits per heavy atom.